The van der Waals surface area contributed by atoms with Gasteiger partial charge in [-0.25, -0.2) is 0 Å². The second kappa shape index (κ2) is 4.07. The highest BCUT2D eigenvalue weighted by Crippen LogP contribution is 2.19. The Morgan fingerprint density at radius 2 is 1.92 bits per heavy atom. The van der Waals surface area contributed by atoms with Crippen LogP contribution in [0.3, 0.4) is 0 Å². The van der Waals surface area contributed by atoms with Gasteiger partial charge in [-0.15, -0.1) is 4.91 Å². The van der Waals surface area contributed by atoms with Crippen LogP contribution in [0.2, 0.25) is 0 Å². The summed E-state index contributed by atoms with van der Waals surface area (Å²) in [5, 5.41) is 32.8. The van der Waals surface area contributed by atoms with Crippen LogP contribution in [0.1, 0.15) is 0 Å². The average Bonchev–Trinajstić information content (AvgIpc) is 2.12. The lowest BCUT2D eigenvalue weighted by atomic mass is 10.0. The van der Waals surface area contributed by atoms with Gasteiger partial charge < -0.3 is 25.4 Å². The third-order valence-electron chi connectivity index (χ3n) is 2.03. The molecule has 0 saturated carbocycles. The molecule has 5 atom stereocenters. The Hall–Kier alpha value is -0.600. The van der Waals surface area contributed by atoms with Crippen LogP contribution >= 0.6 is 0 Å². The zero-order valence-electron chi connectivity index (χ0n) is 6.99. The molecule has 0 radical (unpaired) electrons. The normalized spacial score (nSPS) is 46.0. The van der Waals surface area contributed by atoms with Crippen molar-refractivity contribution in [2.75, 3.05) is 7.05 Å². The maximum absolute atomic E-state index is 10.1. The molecular weight excluding hydrogens is 180 g/mol. The third-order valence-corrected chi connectivity index (χ3v) is 2.03. The minimum Gasteiger partial charge on any atom is -0.388 e. The number of nitroso groups, excluding NO2 is 1. The number of hydrogen-bond acceptors (Lipinski definition) is 7. The molecule has 7 heteroatoms. The van der Waals surface area contributed by atoms with Crippen LogP contribution in [0.5, 0.6) is 0 Å². The Bertz CT molecular complexity index is 190. The Morgan fingerprint density at radius 3 is 2.38 bits per heavy atom. The van der Waals surface area contributed by atoms with Crippen LogP contribution in [0.15, 0.2) is 5.18 Å². The molecule has 0 aromatic rings. The molecule has 5 unspecified atom stereocenters. The van der Waals surface area contributed by atoms with Gasteiger partial charge in [-0.05, 0) is 12.2 Å². The molecule has 4 N–H and O–H groups in total. The summed E-state index contributed by atoms with van der Waals surface area (Å²) in [7, 11) is 1.49. The average molecular weight is 192 g/mol. The molecule has 0 aliphatic carbocycles. The number of rotatable bonds is 2. The van der Waals surface area contributed by atoms with Crippen molar-refractivity contribution < 1.29 is 20.1 Å². The molecule has 0 aromatic carbocycles. The second-order valence-corrected chi connectivity index (χ2v) is 2.82. The van der Waals surface area contributed by atoms with Crippen molar-refractivity contribution in [2.45, 2.75) is 30.8 Å². The first kappa shape index (κ1) is 10.5. The first-order valence-corrected chi connectivity index (χ1v) is 3.81. The van der Waals surface area contributed by atoms with E-state index in [0.717, 1.165) is 0 Å². The molecule has 1 rings (SSSR count). The number of aliphatic hydroxyl groups is 3. The lowest BCUT2D eigenvalue weighted by Crippen LogP contribution is -2.61. The van der Waals surface area contributed by atoms with Crippen molar-refractivity contribution in [2.24, 2.45) is 5.18 Å². The summed E-state index contributed by atoms with van der Waals surface area (Å²) in [6.07, 6.45) is -5.48. The number of nitrogens with zero attached hydrogens (tertiary/aromatic N) is 1. The van der Waals surface area contributed by atoms with Crippen LogP contribution in [0.25, 0.3) is 0 Å². The van der Waals surface area contributed by atoms with Crippen molar-refractivity contribution in [1.82, 2.24) is 5.32 Å². The van der Waals surface area contributed by atoms with Crippen molar-refractivity contribution in [3.63, 3.8) is 0 Å². The SMILES string of the molecule is CNC1C(O)OC(N=O)C(O)C1O. The number of hydrogen-bond donors (Lipinski definition) is 4. The van der Waals surface area contributed by atoms with Gasteiger partial charge in [0.25, 0.3) is 0 Å². The first-order valence-electron chi connectivity index (χ1n) is 3.81. The highest BCUT2D eigenvalue weighted by atomic mass is 16.6. The van der Waals surface area contributed by atoms with E-state index in [0.29, 0.717) is 0 Å². The molecule has 1 saturated heterocycles. The van der Waals surface area contributed by atoms with Crippen molar-refractivity contribution >= 4 is 0 Å². The fraction of sp³-hybridized carbons (Fsp3) is 1.00. The van der Waals surface area contributed by atoms with Gasteiger partial charge in [0.15, 0.2) is 6.29 Å². The molecule has 1 fully saturated rings. The smallest absolute Gasteiger partial charge is 0.220 e. The fourth-order valence-corrected chi connectivity index (χ4v) is 1.26. The van der Waals surface area contributed by atoms with Gasteiger partial charge in [0.05, 0.1) is 6.04 Å². The van der Waals surface area contributed by atoms with Gasteiger partial charge in [0.1, 0.15) is 12.2 Å². The van der Waals surface area contributed by atoms with E-state index in [2.05, 4.69) is 15.2 Å². The van der Waals surface area contributed by atoms with Crippen LogP contribution in [0, 0.1) is 4.91 Å². The van der Waals surface area contributed by atoms with Crippen LogP contribution in [0.4, 0.5) is 0 Å². The molecule has 7 nitrogen and oxygen atoms in total. The van der Waals surface area contributed by atoms with Gasteiger partial charge in [0, 0.05) is 0 Å². The van der Waals surface area contributed by atoms with Gasteiger partial charge in [-0.1, -0.05) is 0 Å². The van der Waals surface area contributed by atoms with E-state index in [-0.39, 0.29) is 0 Å². The van der Waals surface area contributed by atoms with Gasteiger partial charge in [0.2, 0.25) is 6.23 Å². The van der Waals surface area contributed by atoms with E-state index in [9.17, 15) is 20.2 Å². The zero-order valence-corrected chi connectivity index (χ0v) is 6.99. The molecule has 0 aromatic heterocycles. The number of ether oxygens (including phenoxy) is 1. The molecule has 1 aliphatic heterocycles. The molecular formula is C6H12N2O5. The maximum atomic E-state index is 10.1. The molecule has 1 heterocycles. The first-order chi connectivity index (χ1) is 6.11. The van der Waals surface area contributed by atoms with Crippen LogP contribution < -0.4 is 5.32 Å². The lowest BCUT2D eigenvalue weighted by molar-refractivity contribution is -0.244. The number of nitrogens with one attached hydrogen (secondary N) is 1. The number of aliphatic hydroxyl groups excluding tert-OH is 3. The third kappa shape index (κ3) is 1.84. The predicted octanol–water partition coefficient (Wildman–Crippen LogP) is -2.26. The van der Waals surface area contributed by atoms with Crippen molar-refractivity contribution in [1.29, 1.82) is 0 Å². The topological polar surface area (TPSA) is 111 Å². The molecule has 0 spiro atoms. The molecule has 0 amide bonds. The summed E-state index contributed by atoms with van der Waals surface area (Å²) in [4.78, 5) is 10.1. The highest BCUT2D eigenvalue weighted by Gasteiger charge is 2.43. The predicted molar refractivity (Wildman–Crippen MR) is 41.5 cm³/mol. The largest absolute Gasteiger partial charge is 0.388 e. The van der Waals surface area contributed by atoms with E-state index in [1.54, 1.807) is 0 Å². The van der Waals surface area contributed by atoms with E-state index in [1.165, 1.54) is 7.05 Å². The monoisotopic (exact) mass is 192 g/mol. The second-order valence-electron chi connectivity index (χ2n) is 2.82. The van der Waals surface area contributed by atoms with Crippen molar-refractivity contribution in [3.8, 4) is 0 Å². The maximum Gasteiger partial charge on any atom is 0.220 e. The van der Waals surface area contributed by atoms with Gasteiger partial charge >= 0.3 is 0 Å². The Balaban J connectivity index is 2.72. The quantitative estimate of drug-likeness (QED) is 0.367. The van der Waals surface area contributed by atoms with E-state index in [4.69, 9.17) is 0 Å². The Kier molecular flexibility index (Phi) is 3.28. The van der Waals surface area contributed by atoms with Gasteiger partial charge in [-0.2, -0.15) is 0 Å². The molecule has 0 bridgehead atoms. The summed E-state index contributed by atoms with van der Waals surface area (Å²) in [5.41, 5.74) is 0. The van der Waals surface area contributed by atoms with Crippen LogP contribution in [-0.4, -0.2) is 53.1 Å². The number of likely N-dealkylation sites (N-methyl/N-ethyl adjacent to an activating group) is 1. The minimum atomic E-state index is -1.42. The lowest BCUT2D eigenvalue weighted by Gasteiger charge is -2.37. The van der Waals surface area contributed by atoms with Crippen LogP contribution in [-0.2, 0) is 4.74 Å². The molecule has 76 valence electrons. The summed E-state index contributed by atoms with van der Waals surface area (Å²) < 4.78 is 4.63. The summed E-state index contributed by atoms with van der Waals surface area (Å²) >= 11 is 0. The van der Waals surface area contributed by atoms with E-state index in [1.807, 2.05) is 0 Å². The minimum absolute atomic E-state index is 0.826. The fourth-order valence-electron chi connectivity index (χ4n) is 1.26. The molecule has 13 heavy (non-hydrogen) atoms. The summed E-state index contributed by atoms with van der Waals surface area (Å²) in [6, 6.07) is -0.826. The standard InChI is InChI=1S/C6H12N2O5/c1-7-2-3(9)4(10)5(8-12)13-6(2)11/h2-7,9-11H,1H3. The summed E-state index contributed by atoms with van der Waals surface area (Å²) in [6.45, 7) is 0. The zero-order chi connectivity index (χ0) is 10.0. The Labute approximate surface area is 74.3 Å². The van der Waals surface area contributed by atoms with Crippen molar-refractivity contribution in [3.05, 3.63) is 4.91 Å². The summed E-state index contributed by atoms with van der Waals surface area (Å²) in [5.74, 6) is 0. The van der Waals surface area contributed by atoms with Gasteiger partial charge in [-0.3, -0.25) is 0 Å². The highest BCUT2D eigenvalue weighted by molar-refractivity contribution is 4.90. The van der Waals surface area contributed by atoms with E-state index >= 15 is 0 Å². The van der Waals surface area contributed by atoms with E-state index < -0.39 is 30.8 Å². The molecule has 1 aliphatic rings. The Morgan fingerprint density at radius 1 is 1.31 bits per heavy atom.